The second-order valence-corrected chi connectivity index (χ2v) is 7.87. The van der Waals surface area contributed by atoms with Crippen molar-refractivity contribution in [3.8, 4) is 0 Å². The van der Waals surface area contributed by atoms with Crippen molar-refractivity contribution in [1.82, 2.24) is 9.80 Å². The lowest BCUT2D eigenvalue weighted by Gasteiger charge is -2.38. The fraction of sp³-hybridized carbons (Fsp3) is 0.650. The second-order valence-electron chi connectivity index (χ2n) is 7.87. The normalized spacial score (nSPS) is 26.8. The van der Waals surface area contributed by atoms with Gasteiger partial charge in [0.2, 0.25) is 0 Å². The summed E-state index contributed by atoms with van der Waals surface area (Å²) in [5, 5.41) is 0. The third-order valence-corrected chi connectivity index (χ3v) is 6.27. The zero-order valence-electron chi connectivity index (χ0n) is 15.1. The Labute approximate surface area is 150 Å². The predicted molar refractivity (Wildman–Crippen MR) is 100 cm³/mol. The lowest BCUT2D eigenvalue weighted by atomic mass is 9.72. The average Bonchev–Trinajstić information content (AvgIpc) is 2.89. The zero-order valence-corrected chi connectivity index (χ0v) is 15.1. The number of nitrogens with two attached hydrogens (primary N) is 1. The first-order valence-corrected chi connectivity index (χ1v) is 9.64. The number of benzene rings is 1. The summed E-state index contributed by atoms with van der Waals surface area (Å²) in [6.45, 7) is 8.08. The van der Waals surface area contributed by atoms with Gasteiger partial charge in [-0.2, -0.15) is 0 Å². The quantitative estimate of drug-likeness (QED) is 0.671. The molecule has 1 spiro atoms. The molecule has 1 unspecified atom stereocenters. The number of rotatable bonds is 4. The topological polar surface area (TPSA) is 54.1 Å². The minimum absolute atomic E-state index is 0.353. The van der Waals surface area contributed by atoms with Crippen LogP contribution in [0.1, 0.15) is 24.8 Å². The van der Waals surface area contributed by atoms with E-state index < -0.39 is 0 Å². The first kappa shape index (κ1) is 16.9. The number of hydrogen-bond donors (Lipinski definition) is 1. The van der Waals surface area contributed by atoms with Crippen molar-refractivity contribution < 1.29 is 4.74 Å². The van der Waals surface area contributed by atoms with Gasteiger partial charge in [0.15, 0.2) is 5.96 Å². The van der Waals surface area contributed by atoms with Gasteiger partial charge in [-0.15, -0.1) is 0 Å². The molecule has 0 aliphatic carbocycles. The molecular weight excluding hydrogens is 312 g/mol. The van der Waals surface area contributed by atoms with Gasteiger partial charge >= 0.3 is 0 Å². The Morgan fingerprint density at radius 1 is 1.20 bits per heavy atom. The molecule has 2 N–H and O–H groups in total. The van der Waals surface area contributed by atoms with Crippen molar-refractivity contribution in [2.75, 3.05) is 45.9 Å². The molecule has 25 heavy (non-hydrogen) atoms. The summed E-state index contributed by atoms with van der Waals surface area (Å²) in [6.07, 6.45) is 3.55. The highest BCUT2D eigenvalue weighted by Gasteiger charge is 2.46. The summed E-state index contributed by atoms with van der Waals surface area (Å²) in [7, 11) is 0. The molecule has 4 rings (SSSR count). The van der Waals surface area contributed by atoms with Gasteiger partial charge in [0.1, 0.15) is 0 Å². The van der Waals surface area contributed by atoms with Crippen molar-refractivity contribution in [3.63, 3.8) is 0 Å². The molecule has 0 amide bonds. The van der Waals surface area contributed by atoms with Crippen molar-refractivity contribution in [3.05, 3.63) is 35.9 Å². The van der Waals surface area contributed by atoms with Crippen LogP contribution in [0.3, 0.4) is 0 Å². The fourth-order valence-corrected chi connectivity index (χ4v) is 4.55. The monoisotopic (exact) mass is 342 g/mol. The van der Waals surface area contributed by atoms with E-state index in [-0.39, 0.29) is 0 Å². The molecule has 5 heteroatoms. The van der Waals surface area contributed by atoms with E-state index in [4.69, 9.17) is 15.5 Å². The zero-order chi connectivity index (χ0) is 17.1. The average molecular weight is 342 g/mol. The van der Waals surface area contributed by atoms with Gasteiger partial charge in [-0.1, -0.05) is 30.3 Å². The number of aliphatic imine (C=N–C) groups is 1. The van der Waals surface area contributed by atoms with Gasteiger partial charge in [0, 0.05) is 52.5 Å². The van der Waals surface area contributed by atoms with Crippen LogP contribution in [0.5, 0.6) is 0 Å². The van der Waals surface area contributed by atoms with Crippen molar-refractivity contribution in [2.45, 2.75) is 25.8 Å². The summed E-state index contributed by atoms with van der Waals surface area (Å²) < 4.78 is 5.66. The summed E-state index contributed by atoms with van der Waals surface area (Å²) in [5.41, 5.74) is 7.92. The minimum Gasteiger partial charge on any atom is -0.381 e. The van der Waals surface area contributed by atoms with Gasteiger partial charge in [0.05, 0.1) is 0 Å². The van der Waals surface area contributed by atoms with Crippen molar-refractivity contribution >= 4 is 5.96 Å². The number of guanidine groups is 1. The third-order valence-electron chi connectivity index (χ3n) is 6.27. The number of likely N-dealkylation sites (tertiary alicyclic amines) is 2. The van der Waals surface area contributed by atoms with Crippen LogP contribution < -0.4 is 5.73 Å². The SMILES string of the molecule is NC(=NCC1CN(Cc2ccccc2)CC12CCOCC2)N1CCC1. The first-order chi connectivity index (χ1) is 12.3. The Kier molecular flexibility index (Phi) is 4.95. The van der Waals surface area contributed by atoms with Crippen LogP contribution >= 0.6 is 0 Å². The van der Waals surface area contributed by atoms with Gasteiger partial charge < -0.3 is 15.4 Å². The lowest BCUT2D eigenvalue weighted by molar-refractivity contribution is 0.00106. The molecule has 0 aromatic heterocycles. The van der Waals surface area contributed by atoms with Crippen LogP contribution in [0.25, 0.3) is 0 Å². The number of hydrogen-bond acceptors (Lipinski definition) is 3. The van der Waals surface area contributed by atoms with E-state index in [1.54, 1.807) is 0 Å². The Bertz CT molecular complexity index is 593. The van der Waals surface area contributed by atoms with Crippen LogP contribution in [0.4, 0.5) is 0 Å². The lowest BCUT2D eigenvalue weighted by Crippen LogP contribution is -2.47. The van der Waals surface area contributed by atoms with Gasteiger partial charge in [-0.3, -0.25) is 9.89 Å². The second kappa shape index (κ2) is 7.34. The molecule has 0 saturated carbocycles. The number of nitrogens with zero attached hydrogens (tertiary/aromatic N) is 3. The Morgan fingerprint density at radius 2 is 1.96 bits per heavy atom. The molecule has 5 nitrogen and oxygen atoms in total. The molecule has 0 bridgehead atoms. The Balaban J connectivity index is 1.45. The molecule has 3 fully saturated rings. The maximum atomic E-state index is 6.17. The molecular formula is C20H30N4O. The first-order valence-electron chi connectivity index (χ1n) is 9.64. The molecule has 3 heterocycles. The van der Waals surface area contributed by atoms with E-state index in [1.807, 2.05) is 0 Å². The fourth-order valence-electron chi connectivity index (χ4n) is 4.55. The molecule has 3 aliphatic rings. The Morgan fingerprint density at radius 3 is 2.64 bits per heavy atom. The smallest absolute Gasteiger partial charge is 0.191 e. The largest absolute Gasteiger partial charge is 0.381 e. The number of ether oxygens (including phenoxy) is 1. The summed E-state index contributed by atoms with van der Waals surface area (Å²) in [5.74, 6) is 1.33. The van der Waals surface area contributed by atoms with Gasteiger partial charge in [0.25, 0.3) is 0 Å². The molecule has 1 aromatic rings. The molecule has 1 aromatic carbocycles. The molecule has 3 saturated heterocycles. The van der Waals surface area contributed by atoms with E-state index in [1.165, 1.54) is 12.0 Å². The van der Waals surface area contributed by atoms with Gasteiger partial charge in [-0.05, 0) is 36.2 Å². The van der Waals surface area contributed by atoms with Gasteiger partial charge in [-0.25, -0.2) is 0 Å². The van der Waals surface area contributed by atoms with E-state index in [0.29, 0.717) is 11.3 Å². The molecule has 1 atom stereocenters. The molecule has 0 radical (unpaired) electrons. The summed E-state index contributed by atoms with van der Waals surface area (Å²) in [4.78, 5) is 9.57. The van der Waals surface area contributed by atoms with E-state index >= 15 is 0 Å². The maximum absolute atomic E-state index is 6.17. The van der Waals surface area contributed by atoms with Crippen LogP contribution in [0.15, 0.2) is 35.3 Å². The summed E-state index contributed by atoms with van der Waals surface area (Å²) in [6, 6.07) is 10.8. The highest BCUT2D eigenvalue weighted by Crippen LogP contribution is 2.44. The van der Waals surface area contributed by atoms with Crippen LogP contribution in [-0.2, 0) is 11.3 Å². The van der Waals surface area contributed by atoms with Crippen molar-refractivity contribution in [1.29, 1.82) is 0 Å². The Hall–Kier alpha value is -1.59. The standard InChI is InChI=1S/C20H30N4O/c21-19(24-9-4-10-24)22-13-18-15-23(14-17-5-2-1-3-6-17)16-20(18)7-11-25-12-8-20/h1-3,5-6,18H,4,7-16H2,(H2,21,22). The van der Waals surface area contributed by atoms with Crippen LogP contribution in [0.2, 0.25) is 0 Å². The highest BCUT2D eigenvalue weighted by atomic mass is 16.5. The van der Waals surface area contributed by atoms with Crippen LogP contribution in [-0.4, -0.2) is 61.7 Å². The van der Waals surface area contributed by atoms with E-state index in [9.17, 15) is 0 Å². The highest BCUT2D eigenvalue weighted by molar-refractivity contribution is 5.78. The summed E-state index contributed by atoms with van der Waals surface area (Å²) >= 11 is 0. The third kappa shape index (κ3) is 3.67. The molecule has 3 aliphatic heterocycles. The van der Waals surface area contributed by atoms with Crippen LogP contribution in [0, 0.1) is 11.3 Å². The van der Waals surface area contributed by atoms with E-state index in [0.717, 1.165) is 71.3 Å². The minimum atomic E-state index is 0.353. The molecule has 136 valence electrons. The maximum Gasteiger partial charge on any atom is 0.191 e. The predicted octanol–water partition coefficient (Wildman–Crippen LogP) is 1.94. The van der Waals surface area contributed by atoms with E-state index in [2.05, 4.69) is 40.1 Å². The van der Waals surface area contributed by atoms with Crippen molar-refractivity contribution in [2.24, 2.45) is 22.1 Å².